The zero-order chi connectivity index (χ0) is 18.1. The fourth-order valence-corrected chi connectivity index (χ4v) is 2.31. The molecule has 0 bridgehead atoms. The van der Waals surface area contributed by atoms with Crippen LogP contribution >= 0.6 is 11.8 Å². The van der Waals surface area contributed by atoms with Crippen molar-refractivity contribution >= 4 is 35.2 Å². The standard InChI is InChI=1S/C16H21FN2O4S/c1-4-18-15(21)10(2)23-16(22)11(3)24-9-14(20)19-13-7-5-12(17)6-8-13/h5-8,10-11H,4,9H2,1-3H3,(H,18,21)(H,19,20)/t10-,11+/m1/s1. The second-order valence-corrected chi connectivity index (χ2v) is 6.31. The van der Waals surface area contributed by atoms with Crippen LogP contribution in [0.1, 0.15) is 20.8 Å². The molecular weight excluding hydrogens is 335 g/mol. The Kier molecular flexibility index (Phi) is 8.25. The van der Waals surface area contributed by atoms with Gasteiger partial charge in [0.2, 0.25) is 5.91 Å². The topological polar surface area (TPSA) is 84.5 Å². The molecule has 6 nitrogen and oxygen atoms in total. The number of nitrogens with one attached hydrogen (secondary N) is 2. The number of hydrogen-bond acceptors (Lipinski definition) is 5. The fraction of sp³-hybridized carbons (Fsp3) is 0.438. The number of amides is 2. The lowest BCUT2D eigenvalue weighted by atomic mass is 10.3. The molecule has 0 aromatic heterocycles. The van der Waals surface area contributed by atoms with Crippen LogP contribution in [-0.2, 0) is 19.1 Å². The first-order valence-electron chi connectivity index (χ1n) is 7.48. The maximum atomic E-state index is 12.8. The van der Waals surface area contributed by atoms with Crippen LogP contribution in [0.5, 0.6) is 0 Å². The number of ether oxygens (including phenoxy) is 1. The second-order valence-electron chi connectivity index (χ2n) is 4.98. The van der Waals surface area contributed by atoms with E-state index in [1.54, 1.807) is 13.8 Å². The minimum absolute atomic E-state index is 0.0309. The third-order valence-corrected chi connectivity index (χ3v) is 4.06. The molecule has 1 aromatic rings. The number of hydrogen-bond donors (Lipinski definition) is 2. The normalized spacial score (nSPS) is 12.8. The molecule has 0 heterocycles. The molecule has 0 radical (unpaired) electrons. The van der Waals surface area contributed by atoms with E-state index >= 15 is 0 Å². The van der Waals surface area contributed by atoms with Gasteiger partial charge in [0.05, 0.1) is 5.75 Å². The molecule has 2 atom stereocenters. The van der Waals surface area contributed by atoms with Gasteiger partial charge in [-0.3, -0.25) is 14.4 Å². The summed E-state index contributed by atoms with van der Waals surface area (Å²) in [6.07, 6.45) is -0.881. The lowest BCUT2D eigenvalue weighted by Gasteiger charge is -2.16. The Morgan fingerprint density at radius 2 is 1.83 bits per heavy atom. The van der Waals surface area contributed by atoms with Crippen molar-refractivity contribution in [2.24, 2.45) is 0 Å². The van der Waals surface area contributed by atoms with Crippen molar-refractivity contribution in [2.45, 2.75) is 32.1 Å². The molecule has 8 heteroatoms. The average Bonchev–Trinajstić information content (AvgIpc) is 2.54. The molecule has 0 fully saturated rings. The van der Waals surface area contributed by atoms with E-state index in [2.05, 4.69) is 10.6 Å². The Morgan fingerprint density at radius 3 is 2.42 bits per heavy atom. The molecule has 0 saturated heterocycles. The van der Waals surface area contributed by atoms with Gasteiger partial charge in [0.1, 0.15) is 11.1 Å². The van der Waals surface area contributed by atoms with Gasteiger partial charge in [-0.05, 0) is 45.0 Å². The molecule has 0 spiro atoms. The van der Waals surface area contributed by atoms with Crippen molar-refractivity contribution in [2.75, 3.05) is 17.6 Å². The van der Waals surface area contributed by atoms with Crippen LogP contribution in [-0.4, -0.2) is 41.4 Å². The Labute approximate surface area is 144 Å². The Morgan fingerprint density at radius 1 is 1.21 bits per heavy atom. The summed E-state index contributed by atoms with van der Waals surface area (Å²) < 4.78 is 17.8. The minimum atomic E-state index is -0.881. The number of esters is 1. The number of carbonyl (C=O) groups is 3. The molecule has 2 amide bonds. The number of carbonyl (C=O) groups excluding carboxylic acids is 3. The second kappa shape index (κ2) is 9.92. The third-order valence-electron chi connectivity index (χ3n) is 2.94. The molecule has 1 rings (SSSR count). The van der Waals surface area contributed by atoms with Crippen molar-refractivity contribution in [1.82, 2.24) is 5.32 Å². The van der Waals surface area contributed by atoms with Gasteiger partial charge in [0.25, 0.3) is 5.91 Å². The van der Waals surface area contributed by atoms with Crippen molar-refractivity contribution in [3.05, 3.63) is 30.1 Å². The highest BCUT2D eigenvalue weighted by Crippen LogP contribution is 2.14. The smallest absolute Gasteiger partial charge is 0.319 e. The number of halogens is 1. The molecule has 0 saturated carbocycles. The zero-order valence-corrected chi connectivity index (χ0v) is 14.6. The van der Waals surface area contributed by atoms with Crippen molar-refractivity contribution in [1.29, 1.82) is 0 Å². The van der Waals surface area contributed by atoms with Crippen LogP contribution in [0.15, 0.2) is 24.3 Å². The van der Waals surface area contributed by atoms with Crippen LogP contribution < -0.4 is 10.6 Å². The molecule has 24 heavy (non-hydrogen) atoms. The monoisotopic (exact) mass is 356 g/mol. The molecular formula is C16H21FN2O4S. The summed E-state index contributed by atoms with van der Waals surface area (Å²) in [6, 6.07) is 5.38. The molecule has 0 aliphatic heterocycles. The summed E-state index contributed by atoms with van der Waals surface area (Å²) >= 11 is 1.09. The van der Waals surface area contributed by atoms with Gasteiger partial charge >= 0.3 is 5.97 Å². The summed E-state index contributed by atoms with van der Waals surface area (Å²) in [5.41, 5.74) is 0.474. The van der Waals surface area contributed by atoms with Crippen LogP contribution in [0.3, 0.4) is 0 Å². The number of thioether (sulfide) groups is 1. The van der Waals surface area contributed by atoms with E-state index in [-0.39, 0.29) is 23.4 Å². The van der Waals surface area contributed by atoms with E-state index in [0.29, 0.717) is 12.2 Å². The number of rotatable bonds is 8. The van der Waals surface area contributed by atoms with Crippen LogP contribution in [0, 0.1) is 5.82 Å². The van der Waals surface area contributed by atoms with E-state index in [1.807, 2.05) is 0 Å². The average molecular weight is 356 g/mol. The highest BCUT2D eigenvalue weighted by molar-refractivity contribution is 8.01. The Hall–Kier alpha value is -2.09. The van der Waals surface area contributed by atoms with Gasteiger partial charge in [-0.25, -0.2) is 4.39 Å². The van der Waals surface area contributed by atoms with Gasteiger partial charge in [-0.1, -0.05) is 0 Å². The first-order valence-corrected chi connectivity index (χ1v) is 8.53. The lowest BCUT2D eigenvalue weighted by Crippen LogP contribution is -2.37. The predicted molar refractivity (Wildman–Crippen MR) is 91.2 cm³/mol. The molecule has 0 aliphatic carbocycles. The molecule has 132 valence electrons. The van der Waals surface area contributed by atoms with Crippen molar-refractivity contribution in [3.8, 4) is 0 Å². The van der Waals surface area contributed by atoms with E-state index in [1.165, 1.54) is 31.2 Å². The van der Waals surface area contributed by atoms with Gasteiger partial charge in [0.15, 0.2) is 6.10 Å². The molecule has 1 aromatic carbocycles. The van der Waals surface area contributed by atoms with E-state index in [0.717, 1.165) is 11.8 Å². The van der Waals surface area contributed by atoms with Crippen LogP contribution in [0.2, 0.25) is 0 Å². The van der Waals surface area contributed by atoms with E-state index < -0.39 is 17.3 Å². The summed E-state index contributed by atoms with van der Waals surface area (Å²) in [5, 5.41) is 4.56. The summed E-state index contributed by atoms with van der Waals surface area (Å²) in [5.74, 6) is -1.60. The number of benzene rings is 1. The number of likely N-dealkylation sites (N-methyl/N-ethyl adjacent to an activating group) is 1. The van der Waals surface area contributed by atoms with Gasteiger partial charge in [-0.2, -0.15) is 0 Å². The summed E-state index contributed by atoms with van der Waals surface area (Å²) in [6.45, 7) is 5.31. The molecule has 0 aliphatic rings. The first kappa shape index (κ1) is 20.0. The first-order chi connectivity index (χ1) is 11.3. The lowest BCUT2D eigenvalue weighted by molar-refractivity contribution is -0.153. The molecule has 2 N–H and O–H groups in total. The third kappa shape index (κ3) is 6.99. The largest absolute Gasteiger partial charge is 0.452 e. The van der Waals surface area contributed by atoms with Crippen LogP contribution in [0.25, 0.3) is 0 Å². The van der Waals surface area contributed by atoms with Crippen molar-refractivity contribution in [3.63, 3.8) is 0 Å². The zero-order valence-electron chi connectivity index (χ0n) is 13.8. The van der Waals surface area contributed by atoms with E-state index in [9.17, 15) is 18.8 Å². The minimum Gasteiger partial charge on any atom is -0.452 e. The maximum absolute atomic E-state index is 12.8. The maximum Gasteiger partial charge on any atom is 0.319 e. The van der Waals surface area contributed by atoms with Crippen LogP contribution in [0.4, 0.5) is 10.1 Å². The highest BCUT2D eigenvalue weighted by atomic mass is 32.2. The molecule has 0 unspecified atom stereocenters. The van der Waals surface area contributed by atoms with E-state index in [4.69, 9.17) is 4.74 Å². The van der Waals surface area contributed by atoms with Gasteiger partial charge < -0.3 is 15.4 Å². The van der Waals surface area contributed by atoms with Gasteiger partial charge in [0, 0.05) is 12.2 Å². The fourth-order valence-electron chi connectivity index (χ4n) is 1.64. The Balaban J connectivity index is 2.37. The Bertz CT molecular complexity index is 580. The quantitative estimate of drug-likeness (QED) is 0.696. The van der Waals surface area contributed by atoms with Gasteiger partial charge in [-0.15, -0.1) is 11.8 Å². The highest BCUT2D eigenvalue weighted by Gasteiger charge is 2.22. The SMILES string of the molecule is CCNC(=O)[C@@H](C)OC(=O)[C@H](C)SCC(=O)Nc1ccc(F)cc1. The summed E-state index contributed by atoms with van der Waals surface area (Å²) in [7, 11) is 0. The summed E-state index contributed by atoms with van der Waals surface area (Å²) in [4.78, 5) is 35.2. The van der Waals surface area contributed by atoms with Crippen molar-refractivity contribution < 1.29 is 23.5 Å². The number of anilines is 1. The predicted octanol–water partition coefficient (Wildman–Crippen LogP) is 1.95.